The lowest BCUT2D eigenvalue weighted by atomic mass is 9.82. The van der Waals surface area contributed by atoms with Crippen LogP contribution in [0.1, 0.15) is 37.3 Å². The molecular weight excluding hydrogens is 230 g/mol. The van der Waals surface area contributed by atoms with Gasteiger partial charge >= 0.3 is 5.82 Å². The van der Waals surface area contributed by atoms with Crippen molar-refractivity contribution in [3.05, 3.63) is 34.0 Å². The lowest BCUT2D eigenvalue weighted by molar-refractivity contribution is -0.389. The maximum absolute atomic E-state index is 10.7. The van der Waals surface area contributed by atoms with Crippen molar-refractivity contribution in [3.63, 3.8) is 0 Å². The molecule has 1 spiro atoms. The minimum atomic E-state index is -0.413. The summed E-state index contributed by atoms with van der Waals surface area (Å²) in [6, 6.07) is 5.13. The fourth-order valence-corrected chi connectivity index (χ4v) is 3.35. The van der Waals surface area contributed by atoms with E-state index in [2.05, 4.69) is 16.9 Å². The number of rotatable bonds is 2. The molecule has 2 atom stereocenters. The van der Waals surface area contributed by atoms with Crippen LogP contribution in [0.3, 0.4) is 0 Å². The van der Waals surface area contributed by atoms with Gasteiger partial charge in [0.05, 0.1) is 0 Å². The van der Waals surface area contributed by atoms with Gasteiger partial charge in [0.1, 0.15) is 0 Å². The molecule has 1 aliphatic carbocycles. The standard InChI is InChI=1S/C13H17N3O2/c1-15-8-7-13(15)6-5-10(9-13)11-3-2-4-12(14-11)16(17)18/h2-4,10H,5-9H2,1H3. The van der Waals surface area contributed by atoms with Crippen molar-refractivity contribution >= 4 is 5.82 Å². The molecule has 5 nitrogen and oxygen atoms in total. The van der Waals surface area contributed by atoms with Crippen LogP contribution < -0.4 is 0 Å². The van der Waals surface area contributed by atoms with Crippen molar-refractivity contribution < 1.29 is 4.92 Å². The van der Waals surface area contributed by atoms with Gasteiger partial charge in [-0.05, 0) is 54.8 Å². The van der Waals surface area contributed by atoms with Crippen LogP contribution in [0.5, 0.6) is 0 Å². The highest BCUT2D eigenvalue weighted by Gasteiger charge is 2.48. The van der Waals surface area contributed by atoms with E-state index < -0.39 is 4.92 Å². The smallest absolute Gasteiger partial charge is 0.358 e. The van der Waals surface area contributed by atoms with Crippen LogP contribution in [0, 0.1) is 10.1 Å². The second-order valence-electron chi connectivity index (χ2n) is 5.51. The average molecular weight is 247 g/mol. The van der Waals surface area contributed by atoms with Crippen LogP contribution in [-0.2, 0) is 0 Å². The molecule has 96 valence electrons. The highest BCUT2D eigenvalue weighted by atomic mass is 16.6. The van der Waals surface area contributed by atoms with E-state index in [4.69, 9.17) is 0 Å². The molecule has 2 unspecified atom stereocenters. The Hall–Kier alpha value is -1.49. The first-order valence-electron chi connectivity index (χ1n) is 6.43. The van der Waals surface area contributed by atoms with Gasteiger partial charge in [0, 0.05) is 24.1 Å². The molecule has 5 heteroatoms. The van der Waals surface area contributed by atoms with Crippen molar-refractivity contribution in [2.24, 2.45) is 0 Å². The van der Waals surface area contributed by atoms with E-state index in [1.165, 1.54) is 25.5 Å². The summed E-state index contributed by atoms with van der Waals surface area (Å²) in [7, 11) is 2.17. The van der Waals surface area contributed by atoms with E-state index in [1.54, 1.807) is 6.07 Å². The van der Waals surface area contributed by atoms with E-state index in [-0.39, 0.29) is 5.82 Å². The number of aromatic nitrogens is 1. The predicted molar refractivity (Wildman–Crippen MR) is 67.5 cm³/mol. The molecule has 0 N–H and O–H groups in total. The molecule has 0 radical (unpaired) electrons. The maximum atomic E-state index is 10.7. The number of nitro groups is 1. The lowest BCUT2D eigenvalue weighted by Crippen LogP contribution is -2.55. The first-order chi connectivity index (χ1) is 8.61. The molecule has 2 fully saturated rings. The fraction of sp³-hybridized carbons (Fsp3) is 0.615. The van der Waals surface area contributed by atoms with E-state index in [1.807, 2.05) is 6.07 Å². The van der Waals surface area contributed by atoms with E-state index in [0.29, 0.717) is 11.5 Å². The van der Waals surface area contributed by atoms with Gasteiger partial charge in [-0.3, -0.25) is 0 Å². The molecule has 0 aromatic carbocycles. The Kier molecular flexibility index (Phi) is 2.59. The Morgan fingerprint density at radius 3 is 2.89 bits per heavy atom. The molecule has 2 heterocycles. The van der Waals surface area contributed by atoms with E-state index >= 15 is 0 Å². The quantitative estimate of drug-likeness (QED) is 0.594. The first-order valence-corrected chi connectivity index (χ1v) is 6.43. The molecule has 0 bridgehead atoms. The Labute approximate surface area is 106 Å². The molecule has 2 aliphatic rings. The second-order valence-corrected chi connectivity index (χ2v) is 5.51. The second kappa shape index (κ2) is 4.02. The molecular formula is C13H17N3O2. The van der Waals surface area contributed by atoms with Gasteiger partial charge in [-0.15, -0.1) is 0 Å². The Bertz CT molecular complexity index is 491. The Morgan fingerprint density at radius 2 is 2.33 bits per heavy atom. The van der Waals surface area contributed by atoms with Gasteiger partial charge in [-0.1, -0.05) is 0 Å². The molecule has 3 rings (SSSR count). The zero-order valence-corrected chi connectivity index (χ0v) is 10.5. The third-order valence-electron chi connectivity index (χ3n) is 4.67. The number of likely N-dealkylation sites (tertiary alicyclic amines) is 1. The minimum absolute atomic E-state index is 0.0320. The third-order valence-corrected chi connectivity index (χ3v) is 4.67. The van der Waals surface area contributed by atoms with Crippen LogP contribution >= 0.6 is 0 Å². The summed E-state index contributed by atoms with van der Waals surface area (Å²) < 4.78 is 0. The highest BCUT2D eigenvalue weighted by molar-refractivity contribution is 5.25. The average Bonchev–Trinajstić information content (AvgIpc) is 2.85. The SMILES string of the molecule is CN1CCC12CCC(c1cccc([N+](=O)[O-])n1)C2. The summed E-state index contributed by atoms with van der Waals surface area (Å²) in [4.78, 5) is 16.9. The summed E-state index contributed by atoms with van der Waals surface area (Å²) in [6.45, 7) is 1.18. The van der Waals surface area contributed by atoms with Gasteiger partial charge in [-0.2, -0.15) is 0 Å². The minimum Gasteiger partial charge on any atom is -0.358 e. The Morgan fingerprint density at radius 1 is 1.50 bits per heavy atom. The molecule has 18 heavy (non-hydrogen) atoms. The topological polar surface area (TPSA) is 59.3 Å². The first kappa shape index (κ1) is 11.6. The molecule has 1 aromatic rings. The van der Waals surface area contributed by atoms with Crippen LogP contribution in [0.15, 0.2) is 18.2 Å². The van der Waals surface area contributed by atoms with Gasteiger partial charge in [0.2, 0.25) is 0 Å². The zero-order valence-electron chi connectivity index (χ0n) is 10.5. The van der Waals surface area contributed by atoms with Crippen molar-refractivity contribution in [3.8, 4) is 0 Å². The van der Waals surface area contributed by atoms with Crippen molar-refractivity contribution in [2.75, 3.05) is 13.6 Å². The predicted octanol–water partition coefficient (Wildman–Crippen LogP) is 2.33. The summed E-state index contributed by atoms with van der Waals surface area (Å²) >= 11 is 0. The molecule has 1 saturated heterocycles. The van der Waals surface area contributed by atoms with Crippen molar-refractivity contribution in [1.29, 1.82) is 0 Å². The third kappa shape index (κ3) is 1.70. The van der Waals surface area contributed by atoms with Crippen LogP contribution in [0.2, 0.25) is 0 Å². The van der Waals surface area contributed by atoms with Crippen LogP contribution in [-0.4, -0.2) is 33.9 Å². The summed E-state index contributed by atoms with van der Waals surface area (Å²) in [5.41, 5.74) is 1.25. The van der Waals surface area contributed by atoms with Gasteiger partial charge < -0.3 is 15.0 Å². The van der Waals surface area contributed by atoms with Crippen LogP contribution in [0.4, 0.5) is 5.82 Å². The van der Waals surface area contributed by atoms with E-state index in [9.17, 15) is 10.1 Å². The monoisotopic (exact) mass is 247 g/mol. The highest BCUT2D eigenvalue weighted by Crippen LogP contribution is 2.49. The number of hydrogen-bond donors (Lipinski definition) is 0. The lowest BCUT2D eigenvalue weighted by Gasteiger charge is -2.49. The fourth-order valence-electron chi connectivity index (χ4n) is 3.35. The molecule has 1 aliphatic heterocycles. The van der Waals surface area contributed by atoms with Gasteiger partial charge in [-0.25, -0.2) is 0 Å². The number of nitrogens with zero attached hydrogens (tertiary/aromatic N) is 3. The summed E-state index contributed by atoms with van der Waals surface area (Å²) in [5.74, 6) is 0.350. The van der Waals surface area contributed by atoms with Gasteiger partial charge in [0.15, 0.2) is 5.69 Å². The molecule has 0 amide bonds. The number of pyridine rings is 1. The normalized spacial score (nSPS) is 31.5. The van der Waals surface area contributed by atoms with E-state index in [0.717, 1.165) is 18.5 Å². The van der Waals surface area contributed by atoms with Crippen LogP contribution in [0.25, 0.3) is 0 Å². The Balaban J connectivity index is 1.80. The molecule has 1 aromatic heterocycles. The van der Waals surface area contributed by atoms with Gasteiger partial charge in [0.25, 0.3) is 0 Å². The summed E-state index contributed by atoms with van der Waals surface area (Å²) in [5, 5.41) is 10.7. The maximum Gasteiger partial charge on any atom is 0.363 e. The largest absolute Gasteiger partial charge is 0.363 e. The summed E-state index contributed by atoms with van der Waals surface area (Å²) in [6.07, 6.45) is 4.64. The zero-order chi connectivity index (χ0) is 12.8. The number of hydrogen-bond acceptors (Lipinski definition) is 4. The van der Waals surface area contributed by atoms with Crippen molar-refractivity contribution in [2.45, 2.75) is 37.1 Å². The molecule has 1 saturated carbocycles. The van der Waals surface area contributed by atoms with Crippen molar-refractivity contribution in [1.82, 2.24) is 9.88 Å².